The summed E-state index contributed by atoms with van der Waals surface area (Å²) < 4.78 is 49.6. The molecular weight excluding hydrogens is 363 g/mol. The highest BCUT2D eigenvalue weighted by Gasteiger charge is 2.52. The van der Waals surface area contributed by atoms with E-state index < -0.39 is 29.7 Å². The van der Waals surface area contributed by atoms with Crippen molar-refractivity contribution in [2.24, 2.45) is 0 Å². The van der Waals surface area contributed by atoms with Crippen LogP contribution in [0.25, 0.3) is 0 Å². The molecule has 27 heavy (non-hydrogen) atoms. The number of furan rings is 1. The normalized spacial score (nSPS) is 22.9. The number of amides is 1. The number of benzene rings is 1. The Kier molecular flexibility index (Phi) is 5.25. The van der Waals surface area contributed by atoms with Crippen LogP contribution in [0.1, 0.15) is 41.8 Å². The SMILES string of the molecule is O=C(O[C@@H]1CCCC[C@@]1(NC(=O)C(F)(F)F)c1ccco1)c1ccccc1. The Morgan fingerprint density at radius 1 is 1.11 bits per heavy atom. The molecule has 1 heterocycles. The quantitative estimate of drug-likeness (QED) is 0.815. The highest BCUT2D eigenvalue weighted by atomic mass is 19.4. The van der Waals surface area contributed by atoms with Gasteiger partial charge in [0.15, 0.2) is 0 Å². The minimum atomic E-state index is -5.06. The molecular formula is C19H18F3NO4. The Morgan fingerprint density at radius 3 is 2.48 bits per heavy atom. The lowest BCUT2D eigenvalue weighted by molar-refractivity contribution is -0.178. The molecule has 2 aromatic rings. The third kappa shape index (κ3) is 3.99. The van der Waals surface area contributed by atoms with Crippen LogP contribution in [0.3, 0.4) is 0 Å². The summed E-state index contributed by atoms with van der Waals surface area (Å²) in [5, 5.41) is 2.05. The van der Waals surface area contributed by atoms with E-state index in [-0.39, 0.29) is 17.7 Å². The first-order chi connectivity index (χ1) is 12.8. The molecule has 3 rings (SSSR count). The average molecular weight is 381 g/mol. The van der Waals surface area contributed by atoms with Crippen LogP contribution in [0.2, 0.25) is 0 Å². The van der Waals surface area contributed by atoms with Crippen LogP contribution in [0, 0.1) is 0 Å². The van der Waals surface area contributed by atoms with Crippen molar-refractivity contribution >= 4 is 11.9 Å². The van der Waals surface area contributed by atoms with Gasteiger partial charge in [-0.15, -0.1) is 0 Å². The second-order valence-electron chi connectivity index (χ2n) is 6.41. The van der Waals surface area contributed by atoms with Gasteiger partial charge in [-0.3, -0.25) is 4.79 Å². The zero-order valence-electron chi connectivity index (χ0n) is 14.3. The van der Waals surface area contributed by atoms with E-state index in [1.54, 1.807) is 30.3 Å². The molecule has 0 aliphatic heterocycles. The van der Waals surface area contributed by atoms with Crippen LogP contribution in [-0.4, -0.2) is 24.2 Å². The molecule has 1 N–H and O–H groups in total. The maximum absolute atomic E-state index is 12.9. The molecule has 1 aliphatic carbocycles. The van der Waals surface area contributed by atoms with Crippen LogP contribution in [-0.2, 0) is 15.1 Å². The van der Waals surface area contributed by atoms with E-state index in [4.69, 9.17) is 9.15 Å². The van der Waals surface area contributed by atoms with Gasteiger partial charge in [-0.05, 0) is 43.5 Å². The lowest BCUT2D eigenvalue weighted by Crippen LogP contribution is -2.59. The van der Waals surface area contributed by atoms with Crippen molar-refractivity contribution in [3.63, 3.8) is 0 Å². The number of nitrogens with one attached hydrogen (secondary N) is 1. The third-order valence-electron chi connectivity index (χ3n) is 4.65. The molecule has 0 radical (unpaired) electrons. The molecule has 2 atom stereocenters. The molecule has 0 saturated heterocycles. The summed E-state index contributed by atoms with van der Waals surface area (Å²) >= 11 is 0. The minimum absolute atomic E-state index is 0.130. The Hall–Kier alpha value is -2.77. The summed E-state index contributed by atoms with van der Waals surface area (Å²) in [6, 6.07) is 11.1. The van der Waals surface area contributed by atoms with Gasteiger partial charge >= 0.3 is 18.1 Å². The third-order valence-corrected chi connectivity index (χ3v) is 4.65. The first-order valence-corrected chi connectivity index (χ1v) is 8.52. The summed E-state index contributed by atoms with van der Waals surface area (Å²) in [4.78, 5) is 24.2. The van der Waals surface area contributed by atoms with Crippen molar-refractivity contribution in [3.8, 4) is 0 Å². The second-order valence-corrected chi connectivity index (χ2v) is 6.41. The highest BCUT2D eigenvalue weighted by Crippen LogP contribution is 2.40. The van der Waals surface area contributed by atoms with E-state index in [1.807, 2.05) is 5.32 Å². The van der Waals surface area contributed by atoms with Crippen LogP contribution < -0.4 is 5.32 Å². The van der Waals surface area contributed by atoms with Gasteiger partial charge in [0.1, 0.15) is 17.4 Å². The van der Waals surface area contributed by atoms with Gasteiger partial charge in [-0.1, -0.05) is 24.6 Å². The summed E-state index contributed by atoms with van der Waals surface area (Å²) in [5.41, 5.74) is -1.29. The number of esters is 1. The van der Waals surface area contributed by atoms with Gasteiger partial charge in [0.25, 0.3) is 0 Å². The molecule has 0 bridgehead atoms. The molecule has 1 aliphatic rings. The first-order valence-electron chi connectivity index (χ1n) is 8.52. The number of alkyl halides is 3. The summed E-state index contributed by atoms with van der Waals surface area (Å²) in [6.07, 6.45) is -3.08. The Balaban J connectivity index is 1.93. The van der Waals surface area contributed by atoms with Gasteiger partial charge < -0.3 is 14.5 Å². The topological polar surface area (TPSA) is 68.5 Å². The van der Waals surface area contributed by atoms with Crippen molar-refractivity contribution in [1.29, 1.82) is 0 Å². The molecule has 1 aromatic heterocycles. The zero-order chi connectivity index (χ0) is 19.5. The van der Waals surface area contributed by atoms with Crippen molar-refractivity contribution in [1.82, 2.24) is 5.32 Å². The predicted molar refractivity (Wildman–Crippen MR) is 88.7 cm³/mol. The molecule has 5 nitrogen and oxygen atoms in total. The lowest BCUT2D eigenvalue weighted by atomic mass is 9.77. The van der Waals surface area contributed by atoms with Crippen LogP contribution in [0.15, 0.2) is 53.1 Å². The van der Waals surface area contributed by atoms with Crippen molar-refractivity contribution in [2.75, 3.05) is 0 Å². The molecule has 1 amide bonds. The lowest BCUT2D eigenvalue weighted by Gasteiger charge is -2.42. The zero-order valence-corrected chi connectivity index (χ0v) is 14.3. The van der Waals surface area contributed by atoms with Gasteiger partial charge in [0.2, 0.25) is 0 Å². The number of rotatable bonds is 4. The number of ether oxygens (including phenoxy) is 1. The Bertz CT molecular complexity index is 789. The molecule has 8 heteroatoms. The molecule has 0 unspecified atom stereocenters. The van der Waals surface area contributed by atoms with Crippen molar-refractivity contribution < 1.29 is 31.9 Å². The Morgan fingerprint density at radius 2 is 1.85 bits per heavy atom. The minimum Gasteiger partial charge on any atom is -0.467 e. The maximum atomic E-state index is 12.9. The van der Waals surface area contributed by atoms with E-state index in [0.29, 0.717) is 19.3 Å². The fourth-order valence-electron chi connectivity index (χ4n) is 3.36. The average Bonchev–Trinajstić information content (AvgIpc) is 3.18. The largest absolute Gasteiger partial charge is 0.471 e. The smallest absolute Gasteiger partial charge is 0.467 e. The van der Waals surface area contributed by atoms with Crippen molar-refractivity contribution in [2.45, 2.75) is 43.5 Å². The fourth-order valence-corrected chi connectivity index (χ4v) is 3.36. The molecule has 1 fully saturated rings. The maximum Gasteiger partial charge on any atom is 0.471 e. The predicted octanol–water partition coefficient (Wildman–Crippen LogP) is 3.95. The number of carbonyl (C=O) groups excluding carboxylic acids is 2. The summed E-state index contributed by atoms with van der Waals surface area (Å²) in [6.45, 7) is 0. The first kappa shape index (κ1) is 19.0. The summed E-state index contributed by atoms with van der Waals surface area (Å²) in [5.74, 6) is -2.63. The number of hydrogen-bond donors (Lipinski definition) is 1. The van der Waals surface area contributed by atoms with Crippen LogP contribution >= 0.6 is 0 Å². The number of hydrogen-bond acceptors (Lipinski definition) is 4. The van der Waals surface area contributed by atoms with Crippen LogP contribution in [0.5, 0.6) is 0 Å². The fraction of sp³-hybridized carbons (Fsp3) is 0.368. The molecule has 1 aromatic carbocycles. The number of halogens is 3. The molecule has 0 spiro atoms. The highest BCUT2D eigenvalue weighted by molar-refractivity contribution is 5.89. The molecule has 1 saturated carbocycles. The van der Waals surface area contributed by atoms with E-state index in [9.17, 15) is 22.8 Å². The summed E-state index contributed by atoms with van der Waals surface area (Å²) in [7, 11) is 0. The van der Waals surface area contributed by atoms with Gasteiger partial charge in [-0.25, -0.2) is 4.79 Å². The molecule has 144 valence electrons. The van der Waals surface area contributed by atoms with E-state index in [1.165, 1.54) is 18.4 Å². The van der Waals surface area contributed by atoms with E-state index in [0.717, 1.165) is 0 Å². The van der Waals surface area contributed by atoms with Crippen LogP contribution in [0.4, 0.5) is 13.2 Å². The van der Waals surface area contributed by atoms with Gasteiger partial charge in [0.05, 0.1) is 11.8 Å². The van der Waals surface area contributed by atoms with Gasteiger partial charge in [0, 0.05) is 0 Å². The Labute approximate surface area is 153 Å². The standard InChI is InChI=1S/C19H18F3NO4/c20-19(21,22)17(25)23-18(14-10-6-12-26-14)11-5-4-9-15(18)27-16(24)13-7-2-1-3-8-13/h1-3,6-8,10,12,15H,4-5,9,11H2,(H,23,25)/t15-,18-/m1/s1. The van der Waals surface area contributed by atoms with Gasteiger partial charge in [-0.2, -0.15) is 13.2 Å². The monoisotopic (exact) mass is 381 g/mol. The van der Waals surface area contributed by atoms with E-state index in [2.05, 4.69) is 0 Å². The second kappa shape index (κ2) is 7.46. The number of carbonyl (C=O) groups is 2. The van der Waals surface area contributed by atoms with Crippen molar-refractivity contribution in [3.05, 3.63) is 60.1 Å². The van der Waals surface area contributed by atoms with E-state index >= 15 is 0 Å².